The van der Waals surface area contributed by atoms with Crippen molar-refractivity contribution in [2.24, 2.45) is 7.05 Å². The molecule has 134 valence electrons. The van der Waals surface area contributed by atoms with E-state index in [1.807, 2.05) is 60.0 Å². The molecule has 3 rings (SSSR count). The quantitative estimate of drug-likeness (QED) is 0.643. The summed E-state index contributed by atoms with van der Waals surface area (Å²) in [5.74, 6) is 0.992. The number of imidazole rings is 1. The molecule has 0 aliphatic heterocycles. The number of hydrogen-bond acceptors (Lipinski definition) is 2. The number of nitrogens with zero attached hydrogens (tertiary/aromatic N) is 3. The number of carbonyl (C=O) groups is 1. The summed E-state index contributed by atoms with van der Waals surface area (Å²) < 4.78 is 1.97. The Morgan fingerprint density at radius 2 is 1.81 bits per heavy atom. The Kier molecular flexibility index (Phi) is 5.84. The molecule has 1 aromatic heterocycles. The third kappa shape index (κ3) is 4.20. The van der Waals surface area contributed by atoms with Crippen molar-refractivity contribution in [2.45, 2.75) is 19.8 Å². The largest absolute Gasteiger partial charge is 0.339 e. The molecule has 4 nitrogen and oxygen atoms in total. The van der Waals surface area contributed by atoms with E-state index in [1.165, 1.54) is 5.56 Å². The molecule has 0 N–H and O–H groups in total. The van der Waals surface area contributed by atoms with Gasteiger partial charge in [-0.1, -0.05) is 42.5 Å². The third-order valence-corrected chi connectivity index (χ3v) is 4.62. The molecule has 0 atom stereocenters. The van der Waals surface area contributed by atoms with E-state index < -0.39 is 0 Å². The number of benzene rings is 2. The normalized spacial score (nSPS) is 10.7. The van der Waals surface area contributed by atoms with E-state index in [2.05, 4.69) is 29.2 Å². The fourth-order valence-electron chi connectivity index (χ4n) is 3.11. The number of amides is 1. The van der Waals surface area contributed by atoms with Gasteiger partial charge in [0.2, 0.25) is 0 Å². The number of aromatic nitrogens is 2. The summed E-state index contributed by atoms with van der Waals surface area (Å²) in [6, 6.07) is 18.1. The van der Waals surface area contributed by atoms with E-state index in [0.717, 1.165) is 42.9 Å². The molecular formula is C22H25N3O. The van der Waals surface area contributed by atoms with E-state index in [9.17, 15) is 4.79 Å². The standard InChI is InChI=1S/C22H25N3O/c1-3-25(16-7-10-18-8-5-4-6-9-18)22(26)20-13-11-19(12-14-20)21-23-15-17-24(21)2/h4-6,8-9,11-15,17H,3,7,10,16H2,1-2H3. The highest BCUT2D eigenvalue weighted by Gasteiger charge is 2.14. The predicted octanol–water partition coefficient (Wildman–Crippen LogP) is 4.18. The maximum atomic E-state index is 12.8. The molecule has 0 fully saturated rings. The fraction of sp³-hybridized carbons (Fsp3) is 0.273. The number of aryl methyl sites for hydroxylation is 2. The Bertz CT molecular complexity index is 837. The SMILES string of the molecule is CCN(CCCc1ccccc1)C(=O)c1ccc(-c2nccn2C)cc1. The zero-order valence-corrected chi connectivity index (χ0v) is 15.4. The molecule has 0 aliphatic rings. The average Bonchev–Trinajstić information content (AvgIpc) is 3.12. The minimum atomic E-state index is 0.0898. The molecule has 26 heavy (non-hydrogen) atoms. The second-order valence-electron chi connectivity index (χ2n) is 6.41. The van der Waals surface area contributed by atoms with Crippen LogP contribution in [0.2, 0.25) is 0 Å². The van der Waals surface area contributed by atoms with Crippen molar-refractivity contribution in [3.63, 3.8) is 0 Å². The van der Waals surface area contributed by atoms with Gasteiger partial charge in [-0.15, -0.1) is 0 Å². The molecule has 4 heteroatoms. The molecule has 0 unspecified atom stereocenters. The van der Waals surface area contributed by atoms with Crippen LogP contribution in [0, 0.1) is 0 Å². The third-order valence-electron chi connectivity index (χ3n) is 4.62. The van der Waals surface area contributed by atoms with Gasteiger partial charge in [0.15, 0.2) is 0 Å². The summed E-state index contributed by atoms with van der Waals surface area (Å²) in [5, 5.41) is 0. The first-order chi connectivity index (χ1) is 12.7. The van der Waals surface area contributed by atoms with Gasteiger partial charge in [-0.05, 0) is 37.5 Å². The van der Waals surface area contributed by atoms with Gasteiger partial charge in [0.25, 0.3) is 5.91 Å². The summed E-state index contributed by atoms with van der Waals surface area (Å²) in [4.78, 5) is 19.1. The topological polar surface area (TPSA) is 38.1 Å². The highest BCUT2D eigenvalue weighted by molar-refractivity contribution is 5.94. The number of hydrogen-bond donors (Lipinski definition) is 0. The molecule has 0 spiro atoms. The zero-order chi connectivity index (χ0) is 18.4. The van der Waals surface area contributed by atoms with Crippen molar-refractivity contribution >= 4 is 5.91 Å². The fourth-order valence-corrected chi connectivity index (χ4v) is 3.11. The van der Waals surface area contributed by atoms with Gasteiger partial charge in [-0.25, -0.2) is 4.98 Å². The highest BCUT2D eigenvalue weighted by atomic mass is 16.2. The smallest absolute Gasteiger partial charge is 0.253 e. The maximum absolute atomic E-state index is 12.8. The lowest BCUT2D eigenvalue weighted by Gasteiger charge is -2.21. The van der Waals surface area contributed by atoms with E-state index >= 15 is 0 Å². The van der Waals surface area contributed by atoms with Gasteiger partial charge in [0, 0.05) is 43.7 Å². The first kappa shape index (κ1) is 17.9. The van der Waals surface area contributed by atoms with Crippen LogP contribution < -0.4 is 0 Å². The van der Waals surface area contributed by atoms with Crippen molar-refractivity contribution in [1.82, 2.24) is 14.5 Å². The van der Waals surface area contributed by atoms with E-state index in [4.69, 9.17) is 0 Å². The molecule has 0 aliphatic carbocycles. The van der Waals surface area contributed by atoms with Gasteiger partial charge in [0.05, 0.1) is 0 Å². The average molecular weight is 347 g/mol. The number of carbonyl (C=O) groups excluding carboxylic acids is 1. The van der Waals surface area contributed by atoms with Crippen molar-refractivity contribution < 1.29 is 4.79 Å². The molecule has 1 heterocycles. The van der Waals surface area contributed by atoms with Crippen LogP contribution in [0.4, 0.5) is 0 Å². The number of rotatable bonds is 7. The van der Waals surface area contributed by atoms with Gasteiger partial charge in [-0.2, -0.15) is 0 Å². The molecule has 2 aromatic carbocycles. The van der Waals surface area contributed by atoms with E-state index in [0.29, 0.717) is 0 Å². The molecule has 3 aromatic rings. The van der Waals surface area contributed by atoms with Crippen LogP contribution in [0.15, 0.2) is 67.0 Å². The first-order valence-corrected chi connectivity index (χ1v) is 9.10. The van der Waals surface area contributed by atoms with E-state index in [-0.39, 0.29) is 5.91 Å². The van der Waals surface area contributed by atoms with Crippen LogP contribution in [-0.4, -0.2) is 33.4 Å². The van der Waals surface area contributed by atoms with Crippen LogP contribution in [0.25, 0.3) is 11.4 Å². The van der Waals surface area contributed by atoms with Gasteiger partial charge in [-0.3, -0.25) is 4.79 Å². The summed E-state index contributed by atoms with van der Waals surface area (Å²) in [7, 11) is 1.97. The first-order valence-electron chi connectivity index (χ1n) is 9.10. The molecule has 0 saturated heterocycles. The van der Waals surface area contributed by atoms with Crippen LogP contribution >= 0.6 is 0 Å². The Morgan fingerprint density at radius 1 is 1.08 bits per heavy atom. The summed E-state index contributed by atoms with van der Waals surface area (Å²) in [6.45, 7) is 3.52. The summed E-state index contributed by atoms with van der Waals surface area (Å²) in [6.07, 6.45) is 5.65. The van der Waals surface area contributed by atoms with Crippen molar-refractivity contribution in [1.29, 1.82) is 0 Å². The Morgan fingerprint density at radius 3 is 2.42 bits per heavy atom. The molecule has 0 bridgehead atoms. The minimum Gasteiger partial charge on any atom is -0.339 e. The van der Waals surface area contributed by atoms with Crippen LogP contribution in [0.5, 0.6) is 0 Å². The Balaban J connectivity index is 1.62. The van der Waals surface area contributed by atoms with Gasteiger partial charge < -0.3 is 9.47 Å². The lowest BCUT2D eigenvalue weighted by Crippen LogP contribution is -2.32. The molecule has 0 radical (unpaired) electrons. The molecule has 1 amide bonds. The van der Waals surface area contributed by atoms with Crippen molar-refractivity contribution in [3.05, 3.63) is 78.1 Å². The summed E-state index contributed by atoms with van der Waals surface area (Å²) >= 11 is 0. The molecular weight excluding hydrogens is 322 g/mol. The van der Waals surface area contributed by atoms with Gasteiger partial charge in [0.1, 0.15) is 5.82 Å². The predicted molar refractivity (Wildman–Crippen MR) is 105 cm³/mol. The van der Waals surface area contributed by atoms with Crippen LogP contribution in [-0.2, 0) is 13.5 Å². The molecule has 0 saturated carbocycles. The Labute approximate surface area is 155 Å². The maximum Gasteiger partial charge on any atom is 0.253 e. The monoisotopic (exact) mass is 347 g/mol. The highest BCUT2D eigenvalue weighted by Crippen LogP contribution is 2.18. The lowest BCUT2D eigenvalue weighted by molar-refractivity contribution is 0.0762. The zero-order valence-electron chi connectivity index (χ0n) is 15.4. The Hall–Kier alpha value is -2.88. The second-order valence-corrected chi connectivity index (χ2v) is 6.41. The van der Waals surface area contributed by atoms with Crippen LogP contribution in [0.3, 0.4) is 0 Å². The van der Waals surface area contributed by atoms with Crippen molar-refractivity contribution in [3.8, 4) is 11.4 Å². The van der Waals surface area contributed by atoms with Crippen LogP contribution in [0.1, 0.15) is 29.3 Å². The summed E-state index contributed by atoms with van der Waals surface area (Å²) in [5.41, 5.74) is 3.06. The lowest BCUT2D eigenvalue weighted by atomic mass is 10.1. The minimum absolute atomic E-state index is 0.0898. The van der Waals surface area contributed by atoms with Gasteiger partial charge >= 0.3 is 0 Å². The second kappa shape index (κ2) is 8.48. The van der Waals surface area contributed by atoms with E-state index in [1.54, 1.807) is 6.20 Å². The van der Waals surface area contributed by atoms with Crippen molar-refractivity contribution in [2.75, 3.05) is 13.1 Å².